The standard InChI is InChI=1S/C24H25BrN2O/c1-15-12-16(2)23-20(13-15)21(24(28)26-19-6-4-3-5-7-19)14-22(27-23)17-8-10-18(25)11-9-17/h8-14,19H,3-7H2,1-2H3,(H,26,28). The zero-order valence-corrected chi connectivity index (χ0v) is 18.0. The van der Waals surface area contributed by atoms with E-state index in [1.807, 2.05) is 30.3 Å². The molecule has 0 bridgehead atoms. The molecule has 1 saturated carbocycles. The van der Waals surface area contributed by atoms with E-state index < -0.39 is 0 Å². The summed E-state index contributed by atoms with van der Waals surface area (Å²) in [6, 6.07) is 14.5. The summed E-state index contributed by atoms with van der Waals surface area (Å²) < 4.78 is 1.03. The van der Waals surface area contributed by atoms with Crippen LogP contribution in [0.1, 0.15) is 53.6 Å². The molecule has 1 aromatic heterocycles. The van der Waals surface area contributed by atoms with Crippen molar-refractivity contribution in [2.75, 3.05) is 0 Å². The second kappa shape index (κ2) is 8.04. The van der Waals surface area contributed by atoms with Gasteiger partial charge in [0.2, 0.25) is 0 Å². The molecule has 1 fully saturated rings. The van der Waals surface area contributed by atoms with Crippen LogP contribution >= 0.6 is 15.9 Å². The van der Waals surface area contributed by atoms with Crippen molar-refractivity contribution in [3.8, 4) is 11.3 Å². The largest absolute Gasteiger partial charge is 0.349 e. The molecule has 0 unspecified atom stereocenters. The molecule has 1 heterocycles. The summed E-state index contributed by atoms with van der Waals surface area (Å²) in [6.07, 6.45) is 5.82. The van der Waals surface area contributed by atoms with E-state index in [0.717, 1.165) is 56.2 Å². The Morgan fingerprint density at radius 3 is 2.46 bits per heavy atom. The third-order valence-electron chi connectivity index (χ3n) is 5.57. The first kappa shape index (κ1) is 19.1. The highest BCUT2D eigenvalue weighted by Crippen LogP contribution is 2.29. The molecule has 1 aliphatic carbocycles. The van der Waals surface area contributed by atoms with Gasteiger partial charge in [0.25, 0.3) is 5.91 Å². The zero-order valence-electron chi connectivity index (χ0n) is 16.4. The number of aromatic nitrogens is 1. The van der Waals surface area contributed by atoms with E-state index in [-0.39, 0.29) is 11.9 Å². The van der Waals surface area contributed by atoms with Gasteiger partial charge in [-0.05, 0) is 56.5 Å². The molecule has 4 rings (SSSR count). The zero-order chi connectivity index (χ0) is 19.7. The van der Waals surface area contributed by atoms with Crippen LogP contribution in [0.4, 0.5) is 0 Å². The highest BCUT2D eigenvalue weighted by Gasteiger charge is 2.20. The van der Waals surface area contributed by atoms with E-state index in [2.05, 4.69) is 47.2 Å². The lowest BCUT2D eigenvalue weighted by atomic mass is 9.94. The van der Waals surface area contributed by atoms with Crippen LogP contribution in [0.15, 0.2) is 46.9 Å². The fourth-order valence-corrected chi connectivity index (χ4v) is 4.41. The topological polar surface area (TPSA) is 42.0 Å². The minimum Gasteiger partial charge on any atom is -0.349 e. The molecule has 0 saturated heterocycles. The van der Waals surface area contributed by atoms with Gasteiger partial charge in [-0.3, -0.25) is 4.79 Å². The van der Waals surface area contributed by atoms with Crippen LogP contribution in [0, 0.1) is 13.8 Å². The van der Waals surface area contributed by atoms with E-state index in [9.17, 15) is 4.79 Å². The summed E-state index contributed by atoms with van der Waals surface area (Å²) in [5.74, 6) is 0.0164. The lowest BCUT2D eigenvalue weighted by molar-refractivity contribution is 0.0929. The van der Waals surface area contributed by atoms with Crippen LogP contribution in [0.5, 0.6) is 0 Å². The van der Waals surface area contributed by atoms with Gasteiger partial charge < -0.3 is 5.32 Å². The molecule has 3 nitrogen and oxygen atoms in total. The van der Waals surface area contributed by atoms with Crippen LogP contribution in [-0.4, -0.2) is 16.9 Å². The molecular weight excluding hydrogens is 412 g/mol. The van der Waals surface area contributed by atoms with Gasteiger partial charge in [0.1, 0.15) is 0 Å². The Bertz CT molecular complexity index is 1020. The van der Waals surface area contributed by atoms with Gasteiger partial charge in [-0.1, -0.05) is 59.0 Å². The Kier molecular flexibility index (Phi) is 5.49. The number of nitrogens with zero attached hydrogens (tertiary/aromatic N) is 1. The Balaban J connectivity index is 1.82. The lowest BCUT2D eigenvalue weighted by Crippen LogP contribution is -2.36. The number of aryl methyl sites for hydroxylation is 2. The summed E-state index contributed by atoms with van der Waals surface area (Å²) in [5.41, 5.74) is 5.72. The SMILES string of the molecule is Cc1cc(C)c2nc(-c3ccc(Br)cc3)cc(C(=O)NC3CCCCC3)c2c1. The lowest BCUT2D eigenvalue weighted by Gasteiger charge is -2.23. The van der Waals surface area contributed by atoms with Gasteiger partial charge in [-0.2, -0.15) is 0 Å². The van der Waals surface area contributed by atoms with Gasteiger partial charge in [-0.25, -0.2) is 4.98 Å². The Morgan fingerprint density at radius 1 is 1.04 bits per heavy atom. The van der Waals surface area contributed by atoms with Crippen molar-refractivity contribution in [2.24, 2.45) is 0 Å². The minimum atomic E-state index is 0.0164. The molecule has 0 atom stereocenters. The molecule has 2 aromatic carbocycles. The van der Waals surface area contributed by atoms with Crippen molar-refractivity contribution in [1.29, 1.82) is 0 Å². The monoisotopic (exact) mass is 436 g/mol. The maximum atomic E-state index is 13.2. The summed E-state index contributed by atoms with van der Waals surface area (Å²) in [7, 11) is 0. The first-order chi connectivity index (χ1) is 13.5. The molecule has 0 aliphatic heterocycles. The molecular formula is C24H25BrN2O. The van der Waals surface area contributed by atoms with Crippen molar-refractivity contribution in [1.82, 2.24) is 10.3 Å². The van der Waals surface area contributed by atoms with Crippen LogP contribution < -0.4 is 5.32 Å². The average molecular weight is 437 g/mol. The molecule has 1 N–H and O–H groups in total. The van der Waals surface area contributed by atoms with Crippen molar-refractivity contribution < 1.29 is 4.79 Å². The number of pyridine rings is 1. The van der Waals surface area contributed by atoms with Gasteiger partial charge >= 0.3 is 0 Å². The Morgan fingerprint density at radius 2 is 1.75 bits per heavy atom. The fourth-order valence-electron chi connectivity index (χ4n) is 4.15. The number of hydrogen-bond acceptors (Lipinski definition) is 2. The number of halogens is 1. The van der Waals surface area contributed by atoms with Crippen LogP contribution in [0.25, 0.3) is 22.2 Å². The maximum absolute atomic E-state index is 13.2. The number of hydrogen-bond donors (Lipinski definition) is 1. The van der Waals surface area contributed by atoms with Crippen LogP contribution in [-0.2, 0) is 0 Å². The van der Waals surface area contributed by atoms with E-state index >= 15 is 0 Å². The van der Waals surface area contributed by atoms with Gasteiger partial charge in [0, 0.05) is 21.5 Å². The number of carbonyl (C=O) groups is 1. The third kappa shape index (κ3) is 3.97. The summed E-state index contributed by atoms with van der Waals surface area (Å²) in [5, 5.41) is 4.22. The summed E-state index contributed by atoms with van der Waals surface area (Å²) >= 11 is 3.49. The Hall–Kier alpha value is -2.20. The van der Waals surface area contributed by atoms with Crippen LogP contribution in [0.3, 0.4) is 0 Å². The molecule has 3 aromatic rings. The molecule has 144 valence electrons. The predicted molar refractivity (Wildman–Crippen MR) is 119 cm³/mol. The summed E-state index contributed by atoms with van der Waals surface area (Å²) in [6.45, 7) is 4.13. The predicted octanol–water partition coefficient (Wildman–Crippen LogP) is 6.34. The number of benzene rings is 2. The van der Waals surface area contributed by atoms with E-state index in [4.69, 9.17) is 4.98 Å². The third-order valence-corrected chi connectivity index (χ3v) is 6.10. The highest BCUT2D eigenvalue weighted by molar-refractivity contribution is 9.10. The van der Waals surface area contributed by atoms with Gasteiger partial charge in [0.05, 0.1) is 16.8 Å². The van der Waals surface area contributed by atoms with E-state index in [1.54, 1.807) is 0 Å². The fraction of sp³-hybridized carbons (Fsp3) is 0.333. The number of rotatable bonds is 3. The Labute approximate surface area is 174 Å². The van der Waals surface area contributed by atoms with Gasteiger partial charge in [-0.15, -0.1) is 0 Å². The molecule has 0 spiro atoms. The molecule has 1 amide bonds. The van der Waals surface area contributed by atoms with Crippen molar-refractivity contribution in [2.45, 2.75) is 52.0 Å². The molecule has 28 heavy (non-hydrogen) atoms. The van der Waals surface area contributed by atoms with Crippen molar-refractivity contribution >= 4 is 32.7 Å². The normalized spacial score (nSPS) is 15.0. The minimum absolute atomic E-state index is 0.0164. The van der Waals surface area contributed by atoms with E-state index in [1.165, 1.54) is 19.3 Å². The van der Waals surface area contributed by atoms with Crippen molar-refractivity contribution in [3.63, 3.8) is 0 Å². The second-order valence-electron chi connectivity index (χ2n) is 7.85. The number of fused-ring (bicyclic) bond motifs is 1. The summed E-state index contributed by atoms with van der Waals surface area (Å²) in [4.78, 5) is 18.2. The van der Waals surface area contributed by atoms with Crippen molar-refractivity contribution in [3.05, 3.63) is 63.6 Å². The number of nitrogens with one attached hydrogen (secondary N) is 1. The maximum Gasteiger partial charge on any atom is 0.252 e. The van der Waals surface area contributed by atoms with E-state index in [0.29, 0.717) is 0 Å². The first-order valence-corrected chi connectivity index (χ1v) is 10.8. The highest BCUT2D eigenvalue weighted by atomic mass is 79.9. The second-order valence-corrected chi connectivity index (χ2v) is 8.76. The first-order valence-electron chi connectivity index (χ1n) is 10.00. The average Bonchev–Trinajstić information content (AvgIpc) is 2.68. The molecule has 1 aliphatic rings. The molecule has 0 radical (unpaired) electrons. The number of amides is 1. The number of carbonyl (C=O) groups excluding carboxylic acids is 1. The quantitative estimate of drug-likeness (QED) is 0.519. The van der Waals surface area contributed by atoms with Crippen LogP contribution in [0.2, 0.25) is 0 Å². The van der Waals surface area contributed by atoms with Gasteiger partial charge in [0.15, 0.2) is 0 Å². The smallest absolute Gasteiger partial charge is 0.252 e. The molecule has 4 heteroatoms.